The molecule has 5 fully saturated rings. The fourth-order valence-electron chi connectivity index (χ4n) is 6.93. The molecule has 2 amide bonds. The zero-order valence-corrected chi connectivity index (χ0v) is 23.0. The highest BCUT2D eigenvalue weighted by molar-refractivity contribution is 7.22. The van der Waals surface area contributed by atoms with Crippen LogP contribution in [0.3, 0.4) is 0 Å². The van der Waals surface area contributed by atoms with Crippen LogP contribution in [0.15, 0.2) is 24.3 Å². The number of halogens is 2. The van der Waals surface area contributed by atoms with Crippen LogP contribution in [0, 0.1) is 16.7 Å². The number of carbonyl (C=O) groups is 2. The number of nitrogens with zero attached hydrogens (tertiary/aromatic N) is 3. The fourth-order valence-corrected chi connectivity index (χ4v) is 8.17. The lowest BCUT2D eigenvalue weighted by Gasteiger charge is -2.66. The zero-order chi connectivity index (χ0) is 29.0. The molecule has 6 aliphatic rings. The fraction of sp³-hybridized carbons (Fsp3) is 0.429. The van der Waals surface area contributed by atoms with E-state index in [9.17, 15) is 23.6 Å². The first-order chi connectivity index (χ1) is 20.1. The first kappa shape index (κ1) is 25.5. The van der Waals surface area contributed by atoms with Crippen LogP contribution in [0.5, 0.6) is 17.2 Å². The van der Waals surface area contributed by atoms with Gasteiger partial charge in [0.05, 0.1) is 65.4 Å². The normalized spacial score (nSPS) is 29.0. The molecule has 2 atom stereocenters. The number of methoxy groups -OCH3 is 1. The van der Waals surface area contributed by atoms with Crippen molar-refractivity contribution in [3.63, 3.8) is 0 Å². The molecule has 42 heavy (non-hydrogen) atoms. The summed E-state index contributed by atoms with van der Waals surface area (Å²) in [7, 11) is 1.44. The van der Waals surface area contributed by atoms with Crippen molar-refractivity contribution in [2.75, 3.05) is 30.5 Å². The highest BCUT2D eigenvalue weighted by atomic mass is 32.1. The molecule has 4 heterocycles. The molecule has 216 valence electrons. The van der Waals surface area contributed by atoms with Gasteiger partial charge in [-0.1, -0.05) is 11.3 Å². The molecule has 3 aliphatic carbocycles. The van der Waals surface area contributed by atoms with Gasteiger partial charge in [0, 0.05) is 11.6 Å². The van der Waals surface area contributed by atoms with Gasteiger partial charge in [-0.25, -0.2) is 4.98 Å². The molecule has 14 heteroatoms. The number of morpholine rings is 1. The van der Waals surface area contributed by atoms with Gasteiger partial charge in [-0.3, -0.25) is 9.59 Å². The molecular weight excluding hydrogens is 572 g/mol. The number of ether oxygens (including phenoxy) is 4. The smallest absolute Gasteiger partial charge is 0.496 e. The van der Waals surface area contributed by atoms with Crippen molar-refractivity contribution in [2.24, 2.45) is 5.41 Å². The van der Waals surface area contributed by atoms with Crippen molar-refractivity contribution < 1.29 is 37.3 Å². The van der Waals surface area contributed by atoms with Crippen molar-refractivity contribution in [2.45, 2.75) is 49.6 Å². The van der Waals surface area contributed by atoms with Crippen LogP contribution in [-0.4, -0.2) is 61.0 Å². The van der Waals surface area contributed by atoms with E-state index in [0.717, 1.165) is 23.7 Å². The molecule has 11 nitrogen and oxygen atoms in total. The summed E-state index contributed by atoms with van der Waals surface area (Å²) < 4.78 is 48.7. The first-order valence-electron chi connectivity index (χ1n) is 13.4. The van der Waals surface area contributed by atoms with Gasteiger partial charge in [0.2, 0.25) is 0 Å². The summed E-state index contributed by atoms with van der Waals surface area (Å²) >= 11 is 1.36. The molecule has 2 N–H and O–H groups in total. The number of alkyl halides is 2. The quantitative estimate of drug-likeness (QED) is 0.433. The highest BCUT2D eigenvalue weighted by Crippen LogP contribution is 2.66. The lowest BCUT2D eigenvalue weighted by molar-refractivity contribution is -0.286. The van der Waals surface area contributed by atoms with Crippen molar-refractivity contribution in [1.82, 2.24) is 10.3 Å². The monoisotopic (exact) mass is 595 g/mol. The number of benzene rings is 2. The van der Waals surface area contributed by atoms with Crippen LogP contribution in [-0.2, 0) is 4.74 Å². The van der Waals surface area contributed by atoms with Crippen molar-refractivity contribution in [3.05, 3.63) is 35.4 Å². The molecule has 4 bridgehead atoms. The number of anilines is 2. The van der Waals surface area contributed by atoms with Gasteiger partial charge in [0.25, 0.3) is 11.8 Å². The Labute approximate surface area is 241 Å². The van der Waals surface area contributed by atoms with Gasteiger partial charge < -0.3 is 34.5 Å². The molecule has 0 spiro atoms. The largest absolute Gasteiger partial charge is 0.586 e. The van der Waals surface area contributed by atoms with Crippen LogP contribution in [0.2, 0.25) is 0 Å². The van der Waals surface area contributed by atoms with E-state index in [2.05, 4.69) is 31.1 Å². The second-order valence-electron chi connectivity index (χ2n) is 11.6. The lowest BCUT2D eigenvalue weighted by atomic mass is 9.40. The molecule has 3 aromatic rings. The van der Waals surface area contributed by atoms with Crippen LogP contribution >= 0.6 is 11.3 Å². The molecule has 9 rings (SSSR count). The number of nitriles is 1. The van der Waals surface area contributed by atoms with Crippen molar-refractivity contribution in [1.29, 1.82) is 5.26 Å². The highest BCUT2D eigenvalue weighted by Gasteiger charge is 2.69. The maximum atomic E-state index is 13.9. The third-order valence-corrected chi connectivity index (χ3v) is 9.91. The van der Waals surface area contributed by atoms with Gasteiger partial charge in [0.15, 0.2) is 16.6 Å². The molecule has 3 saturated carbocycles. The Bertz CT molecular complexity index is 1720. The first-order valence-corrected chi connectivity index (χ1v) is 14.2. The standard InChI is InChI=1S/C28H23F2N5O6S/c1-38-18-3-2-16-22(42-25(33-16)35-13-4-14(35)8-39-7-13)21(18)24(37)32-17-6-20-19(40-28(29,30)41-20)5-15(17)23(36)34-27-9-26(10-27,11-27)12-31/h2-3,5-6,13-14H,4,7-11H2,1H3,(H,32,37)(H,34,36). The number of hydrogen-bond donors (Lipinski definition) is 2. The topological polar surface area (TPSA) is 135 Å². The summed E-state index contributed by atoms with van der Waals surface area (Å²) in [6, 6.07) is 8.44. The average molecular weight is 596 g/mol. The Hall–Kier alpha value is -4.22. The Morgan fingerprint density at radius 1 is 1.14 bits per heavy atom. The van der Waals surface area contributed by atoms with Gasteiger partial charge >= 0.3 is 6.29 Å². The van der Waals surface area contributed by atoms with E-state index in [1.165, 1.54) is 18.4 Å². The van der Waals surface area contributed by atoms with E-state index in [-0.39, 0.29) is 46.1 Å². The van der Waals surface area contributed by atoms with E-state index >= 15 is 0 Å². The molecule has 2 unspecified atom stereocenters. The van der Waals surface area contributed by atoms with Gasteiger partial charge in [-0.15, -0.1) is 8.78 Å². The number of hydrogen-bond acceptors (Lipinski definition) is 10. The van der Waals surface area contributed by atoms with Crippen LogP contribution in [0.25, 0.3) is 10.2 Å². The number of aromatic nitrogens is 1. The number of fused-ring (bicyclic) bond motifs is 4. The third kappa shape index (κ3) is 3.66. The Morgan fingerprint density at radius 3 is 2.52 bits per heavy atom. The van der Waals surface area contributed by atoms with Crippen molar-refractivity contribution >= 4 is 44.2 Å². The van der Waals surface area contributed by atoms with Gasteiger partial charge in [-0.2, -0.15) is 5.26 Å². The summed E-state index contributed by atoms with van der Waals surface area (Å²) in [5.41, 5.74) is -0.259. The van der Waals surface area contributed by atoms with Gasteiger partial charge in [-0.05, 0) is 43.9 Å². The van der Waals surface area contributed by atoms with Gasteiger partial charge in [0.1, 0.15) is 11.3 Å². The minimum absolute atomic E-state index is 0.0441. The SMILES string of the molecule is COc1ccc2nc(N3C4COCC3C4)sc2c1C(=O)Nc1cc2c(cc1C(=O)NC13CC(C#N)(C1)C3)OC(F)(F)O2. The van der Waals surface area contributed by atoms with Crippen LogP contribution in [0.1, 0.15) is 46.4 Å². The van der Waals surface area contributed by atoms with E-state index in [1.807, 2.05) is 0 Å². The van der Waals surface area contributed by atoms with Crippen LogP contribution < -0.4 is 29.7 Å². The summed E-state index contributed by atoms with van der Waals surface area (Å²) in [5, 5.41) is 15.8. The summed E-state index contributed by atoms with van der Waals surface area (Å²) in [6.07, 6.45) is -1.34. The number of nitrogens with one attached hydrogen (secondary N) is 2. The molecular formula is C28H23F2N5O6S. The van der Waals surface area contributed by atoms with Crippen LogP contribution in [0.4, 0.5) is 19.6 Å². The molecule has 0 radical (unpaired) electrons. The molecule has 3 aliphatic heterocycles. The predicted octanol–water partition coefficient (Wildman–Crippen LogP) is 4.03. The second-order valence-corrected chi connectivity index (χ2v) is 12.6. The molecule has 2 saturated heterocycles. The maximum absolute atomic E-state index is 13.9. The number of rotatable bonds is 6. The maximum Gasteiger partial charge on any atom is 0.586 e. The molecule has 2 aromatic carbocycles. The second kappa shape index (κ2) is 8.42. The lowest BCUT2D eigenvalue weighted by Crippen LogP contribution is -2.74. The summed E-state index contributed by atoms with van der Waals surface area (Å²) in [4.78, 5) is 34.3. The van der Waals surface area contributed by atoms with E-state index in [4.69, 9.17) is 14.5 Å². The summed E-state index contributed by atoms with van der Waals surface area (Å²) in [5.74, 6) is -1.57. The minimum atomic E-state index is -3.92. The summed E-state index contributed by atoms with van der Waals surface area (Å²) in [6.45, 7) is 1.24. The Kier molecular flexibility index (Phi) is 5.11. The van der Waals surface area contributed by atoms with E-state index < -0.39 is 29.1 Å². The van der Waals surface area contributed by atoms with E-state index in [1.54, 1.807) is 12.1 Å². The Morgan fingerprint density at radius 2 is 1.86 bits per heavy atom. The molecule has 1 aromatic heterocycles. The number of thiazole rings is 1. The van der Waals surface area contributed by atoms with Crippen molar-refractivity contribution in [3.8, 4) is 23.3 Å². The number of amides is 2. The predicted molar refractivity (Wildman–Crippen MR) is 144 cm³/mol. The third-order valence-electron chi connectivity index (χ3n) is 8.81. The van der Waals surface area contributed by atoms with E-state index in [0.29, 0.717) is 42.7 Å². The average Bonchev–Trinajstić information content (AvgIpc) is 3.46. The number of carbonyl (C=O) groups excluding carboxylic acids is 2. The minimum Gasteiger partial charge on any atom is -0.496 e. The zero-order valence-electron chi connectivity index (χ0n) is 22.2. The Balaban J connectivity index is 1.14.